The third-order valence-electron chi connectivity index (χ3n) is 1.08. The molecule has 2 aromatic heterocycles. The van der Waals surface area contributed by atoms with E-state index in [4.69, 9.17) is 0 Å². The molecule has 9 heavy (non-hydrogen) atoms. The van der Waals surface area contributed by atoms with Crippen LogP contribution in [0.2, 0.25) is 0 Å². The van der Waals surface area contributed by atoms with Crippen molar-refractivity contribution in [3.05, 3.63) is 23.7 Å². The second-order valence-corrected chi connectivity index (χ2v) is 2.59. The van der Waals surface area contributed by atoms with Crippen molar-refractivity contribution in [1.29, 1.82) is 0 Å². The third-order valence-corrected chi connectivity index (χ3v) is 1.94. The van der Waals surface area contributed by atoms with Crippen molar-refractivity contribution in [2.45, 2.75) is 0 Å². The lowest BCUT2D eigenvalue weighted by atomic mass is 10.5. The van der Waals surface area contributed by atoms with Crippen LogP contribution in [0.4, 0.5) is 0 Å². The van der Waals surface area contributed by atoms with Crippen molar-refractivity contribution in [2.75, 3.05) is 0 Å². The topological polar surface area (TPSA) is 25.8 Å². The number of aromatic nitrogens is 2. The number of hydrogen-bond donors (Lipinski definition) is 0. The third kappa shape index (κ3) is 0.695. The van der Waals surface area contributed by atoms with Gasteiger partial charge in [0.1, 0.15) is 11.7 Å². The molecule has 0 fully saturated rings. The highest BCUT2D eigenvalue weighted by molar-refractivity contribution is 7.17. The van der Waals surface area contributed by atoms with E-state index in [1.807, 2.05) is 17.5 Å². The van der Waals surface area contributed by atoms with Gasteiger partial charge in [-0.25, -0.2) is 0 Å². The lowest BCUT2D eigenvalue weighted by Crippen LogP contribution is -1.75. The first-order valence-corrected chi connectivity index (χ1v) is 3.42. The van der Waals surface area contributed by atoms with Crippen molar-refractivity contribution < 1.29 is 0 Å². The molecule has 0 atom stereocenters. The zero-order valence-electron chi connectivity index (χ0n) is 4.53. The molecule has 1 radical (unpaired) electrons. The fraction of sp³-hybridized carbons (Fsp3) is 0. The van der Waals surface area contributed by atoms with Gasteiger partial charge in [0.25, 0.3) is 0 Å². The van der Waals surface area contributed by atoms with Gasteiger partial charge in [0.2, 0.25) is 0 Å². The van der Waals surface area contributed by atoms with Crippen LogP contribution in [0.25, 0.3) is 10.2 Å². The van der Waals surface area contributed by atoms with Gasteiger partial charge in [-0.05, 0) is 17.5 Å². The van der Waals surface area contributed by atoms with E-state index >= 15 is 0 Å². The van der Waals surface area contributed by atoms with Crippen LogP contribution in [0.1, 0.15) is 0 Å². The van der Waals surface area contributed by atoms with Gasteiger partial charge in [-0.2, -0.15) is 0 Å². The molecule has 0 amide bonds. The Morgan fingerprint density at radius 1 is 1.56 bits per heavy atom. The molecule has 0 unspecified atom stereocenters. The fourth-order valence-electron chi connectivity index (χ4n) is 0.675. The van der Waals surface area contributed by atoms with Crippen LogP contribution in [-0.2, 0) is 0 Å². The Kier molecular flexibility index (Phi) is 0.960. The summed E-state index contributed by atoms with van der Waals surface area (Å²) in [6, 6.07) is 3.79. The minimum atomic E-state index is 0.957. The monoisotopic (exact) mass is 135 g/mol. The summed E-state index contributed by atoms with van der Waals surface area (Å²) in [5.41, 5.74) is 0.957. The predicted molar refractivity (Wildman–Crippen MR) is 36.3 cm³/mol. The molecule has 2 aromatic rings. The van der Waals surface area contributed by atoms with Gasteiger partial charge < -0.3 is 0 Å². The van der Waals surface area contributed by atoms with E-state index in [-0.39, 0.29) is 0 Å². The van der Waals surface area contributed by atoms with Crippen molar-refractivity contribution in [1.82, 2.24) is 10.2 Å². The Hall–Kier alpha value is -0.960. The molecule has 2 nitrogen and oxygen atoms in total. The smallest absolute Gasteiger partial charge is 0.115 e. The SMILES string of the molecule is [c]1cc2sccc2nn1. The van der Waals surface area contributed by atoms with Crippen molar-refractivity contribution in [3.8, 4) is 0 Å². The number of rotatable bonds is 0. The van der Waals surface area contributed by atoms with Crippen LogP contribution in [0.3, 0.4) is 0 Å². The lowest BCUT2D eigenvalue weighted by molar-refractivity contribution is 1.07. The Balaban J connectivity index is 2.95. The molecule has 0 aliphatic heterocycles. The molecule has 2 rings (SSSR count). The van der Waals surface area contributed by atoms with Gasteiger partial charge in [0.15, 0.2) is 0 Å². The second-order valence-electron chi connectivity index (χ2n) is 1.64. The number of fused-ring (bicyclic) bond motifs is 1. The molecule has 2 heterocycles. The van der Waals surface area contributed by atoms with E-state index in [9.17, 15) is 0 Å². The van der Waals surface area contributed by atoms with E-state index in [0.717, 1.165) is 10.2 Å². The molecule has 0 aromatic carbocycles. The molecule has 43 valence electrons. The maximum Gasteiger partial charge on any atom is 0.115 e. The number of nitrogens with zero attached hydrogens (tertiary/aromatic N) is 2. The van der Waals surface area contributed by atoms with Crippen molar-refractivity contribution in [3.63, 3.8) is 0 Å². The summed E-state index contributed by atoms with van der Waals surface area (Å²) in [6.07, 6.45) is 2.67. The maximum atomic E-state index is 3.85. The first-order valence-electron chi connectivity index (χ1n) is 2.54. The van der Waals surface area contributed by atoms with Gasteiger partial charge in [0, 0.05) is 0 Å². The van der Waals surface area contributed by atoms with Crippen LogP contribution < -0.4 is 0 Å². The minimum Gasteiger partial charge on any atom is -0.149 e. The first-order chi connectivity index (χ1) is 4.47. The van der Waals surface area contributed by atoms with E-state index in [2.05, 4.69) is 16.4 Å². The zero-order valence-corrected chi connectivity index (χ0v) is 5.35. The molecule has 0 N–H and O–H groups in total. The lowest BCUT2D eigenvalue weighted by Gasteiger charge is -1.79. The van der Waals surface area contributed by atoms with Gasteiger partial charge in [-0.15, -0.1) is 21.5 Å². The van der Waals surface area contributed by atoms with Gasteiger partial charge in [0.05, 0.1) is 4.70 Å². The highest BCUT2D eigenvalue weighted by Crippen LogP contribution is 2.15. The second kappa shape index (κ2) is 1.77. The first kappa shape index (κ1) is 4.88. The molecule has 0 aliphatic rings. The van der Waals surface area contributed by atoms with Gasteiger partial charge >= 0.3 is 0 Å². The summed E-state index contributed by atoms with van der Waals surface area (Å²) in [5.74, 6) is 0. The summed E-state index contributed by atoms with van der Waals surface area (Å²) in [4.78, 5) is 0. The Morgan fingerprint density at radius 3 is 3.44 bits per heavy atom. The van der Waals surface area contributed by atoms with Crippen LogP contribution in [0, 0.1) is 6.20 Å². The number of thiophene rings is 1. The molecule has 3 heteroatoms. The quantitative estimate of drug-likeness (QED) is 0.547. The van der Waals surface area contributed by atoms with Crippen LogP contribution in [-0.4, -0.2) is 10.2 Å². The molecular weight excluding hydrogens is 132 g/mol. The molecule has 0 saturated heterocycles. The highest BCUT2D eigenvalue weighted by Gasteiger charge is 1.91. The summed E-state index contributed by atoms with van der Waals surface area (Å²) >= 11 is 1.65. The van der Waals surface area contributed by atoms with Gasteiger partial charge in [-0.1, -0.05) is 0 Å². The predicted octanol–water partition coefficient (Wildman–Crippen LogP) is 1.49. The van der Waals surface area contributed by atoms with Crippen molar-refractivity contribution in [2.24, 2.45) is 0 Å². The van der Waals surface area contributed by atoms with Crippen molar-refractivity contribution >= 4 is 21.6 Å². The number of hydrogen-bond acceptors (Lipinski definition) is 3. The molecule has 0 saturated carbocycles. The minimum absolute atomic E-state index is 0.957. The molecular formula is C6H3N2S. The van der Waals surface area contributed by atoms with E-state index in [1.165, 1.54) is 0 Å². The summed E-state index contributed by atoms with van der Waals surface area (Å²) in [6.45, 7) is 0. The Bertz CT molecular complexity index is 285. The largest absolute Gasteiger partial charge is 0.149 e. The van der Waals surface area contributed by atoms with Crippen LogP contribution in [0.5, 0.6) is 0 Å². The average Bonchev–Trinajstić information content (AvgIpc) is 2.33. The standard InChI is InChI=1S/C6H3N2S/c1-3-7-8-5-2-4-9-6(1)5/h1-2,4H. The van der Waals surface area contributed by atoms with E-state index in [0.29, 0.717) is 0 Å². The normalized spacial score (nSPS) is 10.2. The zero-order chi connectivity index (χ0) is 6.10. The highest BCUT2D eigenvalue weighted by atomic mass is 32.1. The average molecular weight is 135 g/mol. The van der Waals surface area contributed by atoms with E-state index < -0.39 is 0 Å². The Morgan fingerprint density at radius 2 is 2.56 bits per heavy atom. The Labute approximate surface area is 56.2 Å². The van der Waals surface area contributed by atoms with E-state index in [1.54, 1.807) is 11.3 Å². The molecule has 0 spiro atoms. The summed E-state index contributed by atoms with van der Waals surface area (Å²) < 4.78 is 1.14. The summed E-state index contributed by atoms with van der Waals surface area (Å²) in [5, 5.41) is 9.46. The van der Waals surface area contributed by atoms with Gasteiger partial charge in [-0.3, -0.25) is 0 Å². The fourth-order valence-corrected chi connectivity index (χ4v) is 1.37. The maximum absolute atomic E-state index is 3.85. The summed E-state index contributed by atoms with van der Waals surface area (Å²) in [7, 11) is 0. The van der Waals surface area contributed by atoms with Crippen LogP contribution in [0.15, 0.2) is 17.5 Å². The molecule has 0 bridgehead atoms. The molecule has 0 aliphatic carbocycles. The van der Waals surface area contributed by atoms with Crippen LogP contribution >= 0.6 is 11.3 Å².